The van der Waals surface area contributed by atoms with E-state index in [0.717, 1.165) is 30.4 Å². The van der Waals surface area contributed by atoms with Crippen LogP contribution < -0.4 is 0 Å². The molecule has 1 aliphatic carbocycles. The summed E-state index contributed by atoms with van der Waals surface area (Å²) in [5, 5.41) is 8.89. The number of hydrogen-bond donors (Lipinski definition) is 1. The Balaban J connectivity index is 2.37. The van der Waals surface area contributed by atoms with Crippen molar-refractivity contribution >= 4 is 11.5 Å². The van der Waals surface area contributed by atoms with Gasteiger partial charge in [-0.15, -0.1) is 0 Å². The van der Waals surface area contributed by atoms with E-state index < -0.39 is 5.97 Å². The van der Waals surface area contributed by atoms with Gasteiger partial charge in [0, 0.05) is 6.08 Å². The third-order valence-electron chi connectivity index (χ3n) is 3.32. The van der Waals surface area contributed by atoms with Crippen molar-refractivity contribution in [2.45, 2.75) is 26.2 Å². The fourth-order valence-electron chi connectivity index (χ4n) is 2.11. The average Bonchev–Trinajstić information content (AvgIpc) is 2.18. The minimum Gasteiger partial charge on any atom is -0.478 e. The molecule has 3 heteroatoms. The second kappa shape index (κ2) is 4.70. The van der Waals surface area contributed by atoms with Gasteiger partial charge >= 0.3 is 5.97 Å². The molecule has 1 aliphatic rings. The van der Waals surface area contributed by atoms with E-state index in [4.69, 9.17) is 5.11 Å². The van der Waals surface area contributed by atoms with Crippen LogP contribution in [0.4, 0.5) is 4.39 Å². The number of aryl methyl sites for hydroxylation is 1. The van der Waals surface area contributed by atoms with E-state index in [2.05, 4.69) is 0 Å². The summed E-state index contributed by atoms with van der Waals surface area (Å²) in [4.78, 5) is 10.8. The standard InChI is InChI=1S/C14H15FO2/c1-9-7-11(5-6-13(9)15)12(8-14(16)17)10-3-2-4-10/h5-8,10H,2-4H2,1H3,(H,16,17)/b12-8+. The molecular formula is C14H15FO2. The predicted molar refractivity (Wildman–Crippen MR) is 64.1 cm³/mol. The summed E-state index contributed by atoms with van der Waals surface area (Å²) < 4.78 is 13.2. The first-order valence-corrected chi connectivity index (χ1v) is 5.79. The van der Waals surface area contributed by atoms with E-state index in [0.29, 0.717) is 11.5 Å². The molecule has 0 spiro atoms. The van der Waals surface area contributed by atoms with Crippen molar-refractivity contribution in [1.82, 2.24) is 0 Å². The van der Waals surface area contributed by atoms with Crippen LogP contribution in [0.15, 0.2) is 24.3 Å². The maximum absolute atomic E-state index is 13.2. The van der Waals surface area contributed by atoms with Crippen LogP contribution in [0.25, 0.3) is 5.57 Å². The topological polar surface area (TPSA) is 37.3 Å². The normalized spacial score (nSPS) is 16.7. The van der Waals surface area contributed by atoms with Gasteiger partial charge in [0.15, 0.2) is 0 Å². The van der Waals surface area contributed by atoms with Crippen molar-refractivity contribution in [3.05, 3.63) is 41.2 Å². The lowest BCUT2D eigenvalue weighted by Gasteiger charge is -2.28. The lowest BCUT2D eigenvalue weighted by molar-refractivity contribution is -0.131. The molecule has 17 heavy (non-hydrogen) atoms. The fraction of sp³-hybridized carbons (Fsp3) is 0.357. The van der Waals surface area contributed by atoms with Crippen LogP contribution in [0.2, 0.25) is 0 Å². The van der Waals surface area contributed by atoms with Gasteiger partial charge in [-0.3, -0.25) is 0 Å². The Morgan fingerprint density at radius 3 is 2.65 bits per heavy atom. The van der Waals surface area contributed by atoms with Gasteiger partial charge in [-0.2, -0.15) is 0 Å². The van der Waals surface area contributed by atoms with Crippen molar-refractivity contribution in [1.29, 1.82) is 0 Å². The number of allylic oxidation sites excluding steroid dienone is 1. The molecule has 1 aromatic carbocycles. The summed E-state index contributed by atoms with van der Waals surface area (Å²) in [6.07, 6.45) is 4.45. The van der Waals surface area contributed by atoms with Gasteiger partial charge in [-0.05, 0) is 54.5 Å². The maximum Gasteiger partial charge on any atom is 0.328 e. The number of aliphatic carboxylic acids is 1. The van der Waals surface area contributed by atoms with Crippen LogP contribution in [0, 0.1) is 18.7 Å². The molecule has 0 heterocycles. The van der Waals surface area contributed by atoms with Gasteiger partial charge in [0.05, 0.1) is 0 Å². The Bertz CT molecular complexity index is 473. The quantitative estimate of drug-likeness (QED) is 0.814. The fourth-order valence-corrected chi connectivity index (χ4v) is 2.11. The number of carbonyl (C=O) groups is 1. The molecule has 2 nitrogen and oxygen atoms in total. The lowest BCUT2D eigenvalue weighted by atomic mass is 9.76. The van der Waals surface area contributed by atoms with E-state index in [-0.39, 0.29) is 5.82 Å². The van der Waals surface area contributed by atoms with Crippen molar-refractivity contribution in [2.24, 2.45) is 5.92 Å². The number of carboxylic acid groups (broad SMARTS) is 1. The van der Waals surface area contributed by atoms with E-state index in [9.17, 15) is 9.18 Å². The molecular weight excluding hydrogens is 219 g/mol. The third-order valence-corrected chi connectivity index (χ3v) is 3.32. The van der Waals surface area contributed by atoms with E-state index >= 15 is 0 Å². The zero-order valence-corrected chi connectivity index (χ0v) is 9.74. The van der Waals surface area contributed by atoms with E-state index in [1.54, 1.807) is 19.1 Å². The summed E-state index contributed by atoms with van der Waals surface area (Å²) in [5.41, 5.74) is 2.21. The van der Waals surface area contributed by atoms with Crippen LogP contribution in [0.5, 0.6) is 0 Å². The average molecular weight is 234 g/mol. The van der Waals surface area contributed by atoms with Gasteiger partial charge in [0.25, 0.3) is 0 Å². The summed E-state index contributed by atoms with van der Waals surface area (Å²) >= 11 is 0. The highest BCUT2D eigenvalue weighted by Crippen LogP contribution is 2.38. The molecule has 0 radical (unpaired) electrons. The van der Waals surface area contributed by atoms with Crippen molar-refractivity contribution in [2.75, 3.05) is 0 Å². The largest absolute Gasteiger partial charge is 0.478 e. The monoisotopic (exact) mass is 234 g/mol. The molecule has 1 saturated carbocycles. The van der Waals surface area contributed by atoms with Crippen LogP contribution >= 0.6 is 0 Å². The zero-order valence-electron chi connectivity index (χ0n) is 9.74. The molecule has 90 valence electrons. The first-order valence-electron chi connectivity index (χ1n) is 5.79. The maximum atomic E-state index is 13.2. The highest BCUT2D eigenvalue weighted by Gasteiger charge is 2.23. The summed E-state index contributed by atoms with van der Waals surface area (Å²) in [5.74, 6) is -0.873. The van der Waals surface area contributed by atoms with Gasteiger partial charge < -0.3 is 5.11 Å². The molecule has 0 aliphatic heterocycles. The van der Waals surface area contributed by atoms with Crippen LogP contribution in [0.3, 0.4) is 0 Å². The number of halogens is 1. The second-order valence-corrected chi connectivity index (χ2v) is 4.53. The summed E-state index contributed by atoms with van der Waals surface area (Å²) in [6, 6.07) is 4.79. The number of rotatable bonds is 3. The zero-order chi connectivity index (χ0) is 12.4. The molecule has 0 amide bonds. The van der Waals surface area contributed by atoms with Crippen molar-refractivity contribution in [3.63, 3.8) is 0 Å². The Hall–Kier alpha value is -1.64. The number of carboxylic acids is 1. The molecule has 0 unspecified atom stereocenters. The summed E-state index contributed by atoms with van der Waals surface area (Å²) in [6.45, 7) is 1.69. The first kappa shape index (κ1) is 11.8. The predicted octanol–water partition coefficient (Wildman–Crippen LogP) is 3.40. The Morgan fingerprint density at radius 1 is 1.47 bits per heavy atom. The first-order chi connectivity index (χ1) is 8.08. The van der Waals surface area contributed by atoms with Crippen LogP contribution in [-0.4, -0.2) is 11.1 Å². The molecule has 0 saturated heterocycles. The second-order valence-electron chi connectivity index (χ2n) is 4.53. The Morgan fingerprint density at radius 2 is 2.18 bits per heavy atom. The molecule has 2 rings (SSSR count). The Labute approximate surface area is 99.8 Å². The van der Waals surface area contributed by atoms with Gasteiger partial charge in [0.2, 0.25) is 0 Å². The minimum atomic E-state index is -0.936. The number of benzene rings is 1. The SMILES string of the molecule is Cc1cc(/C(=C/C(=O)O)C2CCC2)ccc1F. The molecule has 1 aromatic rings. The smallest absolute Gasteiger partial charge is 0.328 e. The molecule has 0 aromatic heterocycles. The highest BCUT2D eigenvalue weighted by atomic mass is 19.1. The third kappa shape index (κ3) is 2.54. The van der Waals surface area contributed by atoms with Crippen LogP contribution in [0.1, 0.15) is 30.4 Å². The Kier molecular flexibility index (Phi) is 3.27. The van der Waals surface area contributed by atoms with Crippen LogP contribution in [-0.2, 0) is 4.79 Å². The van der Waals surface area contributed by atoms with Crippen molar-refractivity contribution in [3.8, 4) is 0 Å². The lowest BCUT2D eigenvalue weighted by Crippen LogP contribution is -2.14. The van der Waals surface area contributed by atoms with Gasteiger partial charge in [0.1, 0.15) is 5.82 Å². The van der Waals surface area contributed by atoms with Gasteiger partial charge in [-0.1, -0.05) is 12.5 Å². The molecule has 0 bridgehead atoms. The minimum absolute atomic E-state index is 0.253. The molecule has 0 atom stereocenters. The van der Waals surface area contributed by atoms with Gasteiger partial charge in [-0.25, -0.2) is 9.18 Å². The highest BCUT2D eigenvalue weighted by molar-refractivity contribution is 5.90. The van der Waals surface area contributed by atoms with Crippen molar-refractivity contribution < 1.29 is 14.3 Å². The molecule has 1 fully saturated rings. The van der Waals surface area contributed by atoms with E-state index in [1.165, 1.54) is 12.1 Å². The molecule has 1 N–H and O–H groups in total. The van der Waals surface area contributed by atoms with E-state index in [1.807, 2.05) is 0 Å². The summed E-state index contributed by atoms with van der Waals surface area (Å²) in [7, 11) is 0. The number of hydrogen-bond acceptors (Lipinski definition) is 1.